The number of phosphoric ester groups is 1. The molecular weight excluding hydrogens is 763 g/mol. The molecule has 0 saturated heterocycles. The quantitative estimate of drug-likeness (QED) is 0.0150. The average molecular weight is 847 g/mol. The van der Waals surface area contributed by atoms with E-state index in [1.54, 1.807) is 0 Å². The number of carbonyl (C=O) groups excluding carboxylic acids is 1. The first-order valence-electron chi connectivity index (χ1n) is 22.8. The van der Waals surface area contributed by atoms with Crippen LogP contribution in [-0.2, 0) is 27.9 Å². The number of phosphoric acid groups is 1. The Kier molecular flexibility index (Phi) is 34.1. The lowest BCUT2D eigenvalue weighted by molar-refractivity contribution is -0.220. The van der Waals surface area contributed by atoms with Gasteiger partial charge in [-0.15, -0.1) is 0 Å². The molecular formula is C45H83O12P. The molecule has 0 bridgehead atoms. The Morgan fingerprint density at radius 1 is 0.552 bits per heavy atom. The predicted octanol–water partition coefficient (Wildman–Crippen LogP) is 9.09. The third-order valence-electron chi connectivity index (χ3n) is 10.5. The fourth-order valence-electron chi connectivity index (χ4n) is 6.79. The molecule has 1 saturated carbocycles. The van der Waals surface area contributed by atoms with E-state index in [1.165, 1.54) is 70.6 Å². The second-order valence-electron chi connectivity index (χ2n) is 15.9. The summed E-state index contributed by atoms with van der Waals surface area (Å²) in [5.74, 6) is -0.490. The summed E-state index contributed by atoms with van der Waals surface area (Å²) in [6.07, 6.45) is 29.2. The Hall–Kier alpha value is -1.44. The second-order valence-corrected chi connectivity index (χ2v) is 17.3. The maximum atomic E-state index is 12.8. The number of rotatable bonds is 38. The number of esters is 1. The molecule has 0 amide bonds. The van der Waals surface area contributed by atoms with Crippen molar-refractivity contribution in [1.29, 1.82) is 0 Å². The van der Waals surface area contributed by atoms with Gasteiger partial charge < -0.3 is 39.9 Å². The summed E-state index contributed by atoms with van der Waals surface area (Å²) in [5.41, 5.74) is 0. The number of hydrogen-bond donors (Lipinski definition) is 6. The van der Waals surface area contributed by atoms with Gasteiger partial charge >= 0.3 is 13.8 Å². The van der Waals surface area contributed by atoms with Crippen LogP contribution in [0.5, 0.6) is 0 Å². The van der Waals surface area contributed by atoms with Crippen LogP contribution in [0.4, 0.5) is 0 Å². The zero-order chi connectivity index (χ0) is 42.7. The summed E-state index contributed by atoms with van der Waals surface area (Å²) in [7, 11) is -5.02. The maximum Gasteiger partial charge on any atom is 0.472 e. The van der Waals surface area contributed by atoms with Gasteiger partial charge in [-0.3, -0.25) is 13.8 Å². The van der Waals surface area contributed by atoms with Crippen molar-refractivity contribution >= 4 is 13.8 Å². The lowest BCUT2D eigenvalue weighted by Crippen LogP contribution is -2.64. The van der Waals surface area contributed by atoms with Crippen molar-refractivity contribution in [2.24, 2.45) is 0 Å². The van der Waals surface area contributed by atoms with Gasteiger partial charge in [0.25, 0.3) is 0 Å². The van der Waals surface area contributed by atoms with Crippen molar-refractivity contribution in [3.05, 3.63) is 36.5 Å². The number of aliphatic hydroxyl groups excluding tert-OH is 5. The topological polar surface area (TPSA) is 192 Å². The molecule has 1 aliphatic carbocycles. The van der Waals surface area contributed by atoms with Gasteiger partial charge in [0.1, 0.15) is 42.7 Å². The SMILES string of the molecule is CCCCC/C=C\C/C=C\CCCCCCCCOCC(COP(=O)(O)OC1C(O)C(O)C(O)C(O)C1O)OC(=O)CCCCCCC/C=C\CCCCCCCC. The van der Waals surface area contributed by atoms with Gasteiger partial charge in [0.15, 0.2) is 0 Å². The largest absolute Gasteiger partial charge is 0.472 e. The third kappa shape index (κ3) is 28.2. The Morgan fingerprint density at radius 3 is 1.50 bits per heavy atom. The Morgan fingerprint density at radius 2 is 0.966 bits per heavy atom. The molecule has 340 valence electrons. The summed E-state index contributed by atoms with van der Waals surface area (Å²) < 4.78 is 34.1. The number of unbranched alkanes of at least 4 members (excludes halogenated alkanes) is 20. The van der Waals surface area contributed by atoms with E-state index >= 15 is 0 Å². The molecule has 0 spiro atoms. The molecule has 1 fully saturated rings. The van der Waals surface area contributed by atoms with Crippen LogP contribution in [0.25, 0.3) is 0 Å². The van der Waals surface area contributed by atoms with Crippen LogP contribution in [-0.4, -0.2) is 98.9 Å². The number of ether oxygens (including phenoxy) is 2. The first kappa shape index (κ1) is 54.6. The number of aliphatic hydroxyl groups is 5. The molecule has 58 heavy (non-hydrogen) atoms. The monoisotopic (exact) mass is 847 g/mol. The van der Waals surface area contributed by atoms with Gasteiger partial charge in [-0.05, 0) is 70.6 Å². The summed E-state index contributed by atoms with van der Waals surface area (Å²) in [5, 5.41) is 50.1. The van der Waals surface area contributed by atoms with Crippen LogP contribution in [0.15, 0.2) is 36.5 Å². The van der Waals surface area contributed by atoms with E-state index in [2.05, 4.69) is 50.3 Å². The van der Waals surface area contributed by atoms with Gasteiger partial charge in [-0.2, -0.15) is 0 Å². The summed E-state index contributed by atoms with van der Waals surface area (Å²) in [6, 6.07) is 0. The van der Waals surface area contributed by atoms with Gasteiger partial charge in [-0.1, -0.05) is 140 Å². The first-order valence-corrected chi connectivity index (χ1v) is 24.3. The first-order chi connectivity index (χ1) is 28.0. The molecule has 0 aliphatic heterocycles. The standard InChI is InChI=1S/C45H83O12P/c1-3-5-7-9-11-13-15-17-19-21-23-25-27-29-31-33-35-54-36-38(37-55-58(52,53)57-45-43(50)41(48)40(47)42(49)44(45)51)56-39(46)34-32-30-28-26-24-22-20-18-16-14-12-10-8-6-4-2/h11,13,17-20,38,40-45,47-51H,3-10,12,14-16,21-37H2,1-2H3,(H,52,53)/b13-11-,19-17-,20-18-. The Balaban J connectivity index is 2.42. The molecule has 1 rings (SSSR count). The Bertz CT molecular complexity index is 1100. The fraction of sp³-hybridized carbons (Fsp3) is 0.844. The van der Waals surface area contributed by atoms with Gasteiger partial charge in [-0.25, -0.2) is 4.57 Å². The number of carbonyl (C=O) groups is 1. The van der Waals surface area contributed by atoms with Gasteiger partial charge in [0.05, 0.1) is 13.2 Å². The van der Waals surface area contributed by atoms with Crippen molar-refractivity contribution < 1.29 is 58.3 Å². The average Bonchev–Trinajstić information content (AvgIpc) is 3.21. The highest BCUT2D eigenvalue weighted by molar-refractivity contribution is 7.47. The lowest BCUT2D eigenvalue weighted by Gasteiger charge is -2.41. The fourth-order valence-corrected chi connectivity index (χ4v) is 7.76. The smallest absolute Gasteiger partial charge is 0.457 e. The zero-order valence-electron chi connectivity index (χ0n) is 36.1. The van der Waals surface area contributed by atoms with E-state index in [1.807, 2.05) is 0 Å². The van der Waals surface area contributed by atoms with Crippen molar-refractivity contribution in [3.8, 4) is 0 Å². The van der Waals surface area contributed by atoms with E-state index in [0.717, 1.165) is 83.5 Å². The molecule has 12 nitrogen and oxygen atoms in total. The normalized spacial score (nSPS) is 23.0. The van der Waals surface area contributed by atoms with Gasteiger partial charge in [0, 0.05) is 13.0 Å². The molecule has 13 heteroatoms. The predicted molar refractivity (Wildman–Crippen MR) is 230 cm³/mol. The maximum absolute atomic E-state index is 12.8. The summed E-state index contributed by atoms with van der Waals surface area (Å²) >= 11 is 0. The van der Waals surface area contributed by atoms with E-state index < -0.39 is 63.1 Å². The minimum Gasteiger partial charge on any atom is -0.457 e. The van der Waals surface area contributed by atoms with Crippen LogP contribution in [0, 0.1) is 0 Å². The van der Waals surface area contributed by atoms with E-state index in [-0.39, 0.29) is 13.0 Å². The van der Waals surface area contributed by atoms with Crippen molar-refractivity contribution in [1.82, 2.24) is 0 Å². The highest BCUT2D eigenvalue weighted by Gasteiger charge is 2.51. The second kappa shape index (κ2) is 36.2. The van der Waals surface area contributed by atoms with Crippen molar-refractivity contribution in [2.45, 2.75) is 224 Å². The summed E-state index contributed by atoms with van der Waals surface area (Å²) in [6.45, 7) is 4.19. The zero-order valence-corrected chi connectivity index (χ0v) is 37.0. The van der Waals surface area contributed by atoms with Crippen LogP contribution in [0.1, 0.15) is 181 Å². The molecule has 1 aliphatic rings. The van der Waals surface area contributed by atoms with Crippen molar-refractivity contribution in [2.75, 3.05) is 19.8 Å². The van der Waals surface area contributed by atoms with Crippen LogP contribution in [0.2, 0.25) is 0 Å². The van der Waals surface area contributed by atoms with E-state index in [9.17, 15) is 39.8 Å². The molecule has 0 aromatic rings. The molecule has 0 aromatic heterocycles. The van der Waals surface area contributed by atoms with E-state index in [4.69, 9.17) is 18.5 Å². The lowest BCUT2D eigenvalue weighted by atomic mass is 9.85. The minimum absolute atomic E-state index is 0.0866. The molecule has 6 atom stereocenters. The molecule has 0 heterocycles. The van der Waals surface area contributed by atoms with E-state index in [0.29, 0.717) is 13.0 Å². The molecule has 6 N–H and O–H groups in total. The Labute approximate surface area is 351 Å². The van der Waals surface area contributed by atoms with Gasteiger partial charge in [0.2, 0.25) is 0 Å². The van der Waals surface area contributed by atoms with Crippen molar-refractivity contribution in [3.63, 3.8) is 0 Å². The van der Waals surface area contributed by atoms with Crippen LogP contribution < -0.4 is 0 Å². The molecule has 0 aromatic carbocycles. The summed E-state index contributed by atoms with van der Waals surface area (Å²) in [4.78, 5) is 23.1. The molecule has 0 radical (unpaired) electrons. The highest BCUT2D eigenvalue weighted by atomic mass is 31.2. The van der Waals surface area contributed by atoms with Crippen LogP contribution in [0.3, 0.4) is 0 Å². The minimum atomic E-state index is -5.02. The number of hydrogen-bond acceptors (Lipinski definition) is 11. The van der Waals surface area contributed by atoms with Crippen LogP contribution >= 0.6 is 7.82 Å². The molecule has 6 unspecified atom stereocenters. The highest BCUT2D eigenvalue weighted by Crippen LogP contribution is 2.47. The number of allylic oxidation sites excluding steroid dienone is 6. The third-order valence-corrected chi connectivity index (χ3v) is 11.5.